The highest BCUT2D eigenvalue weighted by Gasteiger charge is 2.36. The second-order valence-corrected chi connectivity index (χ2v) is 14.5. The highest BCUT2D eigenvalue weighted by atomic mass is 35.5. The Balaban J connectivity index is 0.000000362. The van der Waals surface area contributed by atoms with Crippen molar-refractivity contribution in [2.45, 2.75) is 40.8 Å². The van der Waals surface area contributed by atoms with E-state index in [2.05, 4.69) is 41.4 Å². The van der Waals surface area contributed by atoms with E-state index >= 15 is 0 Å². The van der Waals surface area contributed by atoms with Gasteiger partial charge in [-0.05, 0) is 38.1 Å². The number of hydrogen-bond donors (Lipinski definition) is 6. The minimum atomic E-state index is -0.734. The van der Waals surface area contributed by atoms with Gasteiger partial charge in [-0.1, -0.05) is 63.4 Å². The van der Waals surface area contributed by atoms with Gasteiger partial charge in [0.2, 0.25) is 23.6 Å². The summed E-state index contributed by atoms with van der Waals surface area (Å²) in [5.41, 5.74) is 1.26. The molecule has 6 rings (SSSR count). The van der Waals surface area contributed by atoms with Crippen LogP contribution >= 0.6 is 23.2 Å². The molecule has 4 aromatic carbocycles. The van der Waals surface area contributed by atoms with Crippen molar-refractivity contribution in [3.8, 4) is 0 Å². The van der Waals surface area contributed by atoms with Crippen molar-refractivity contribution in [2.24, 2.45) is 0 Å². The molecule has 4 amide bonds. The maximum absolute atomic E-state index is 13.6. The van der Waals surface area contributed by atoms with Crippen LogP contribution in [0.2, 0.25) is 0 Å². The summed E-state index contributed by atoms with van der Waals surface area (Å²) in [6.45, 7) is 2.56. The Morgan fingerprint density at radius 3 is 0.955 bits per heavy atom. The van der Waals surface area contributed by atoms with Crippen LogP contribution in [-0.4, -0.2) is 110 Å². The summed E-state index contributed by atoms with van der Waals surface area (Å²) in [5.74, 6) is -5.65. The summed E-state index contributed by atoms with van der Waals surface area (Å²) in [4.78, 5) is 124. The third-order valence-corrected chi connectivity index (χ3v) is 10.2. The van der Waals surface area contributed by atoms with Crippen molar-refractivity contribution >= 4 is 105 Å². The van der Waals surface area contributed by atoms with E-state index in [0.717, 1.165) is 0 Å². The van der Waals surface area contributed by atoms with E-state index in [0.29, 0.717) is 0 Å². The zero-order valence-corrected chi connectivity index (χ0v) is 36.1. The van der Waals surface area contributed by atoms with E-state index in [-0.39, 0.29) is 113 Å². The first kappa shape index (κ1) is 53.2. The van der Waals surface area contributed by atoms with Crippen molar-refractivity contribution in [1.29, 1.82) is 0 Å². The van der Waals surface area contributed by atoms with Gasteiger partial charge >= 0.3 is 11.9 Å². The Morgan fingerprint density at radius 2 is 0.712 bits per heavy atom. The number of amides is 4. The Morgan fingerprint density at radius 1 is 0.455 bits per heavy atom. The number of nitrogens with one attached hydrogen (secondary N) is 6. The number of esters is 2. The Kier molecular flexibility index (Phi) is 19.1. The van der Waals surface area contributed by atoms with Gasteiger partial charge in [-0.15, -0.1) is 23.2 Å². The summed E-state index contributed by atoms with van der Waals surface area (Å²) >= 11 is 11.0. The molecule has 0 saturated carbocycles. The van der Waals surface area contributed by atoms with Crippen LogP contribution in [0.15, 0.2) is 72.8 Å². The van der Waals surface area contributed by atoms with Gasteiger partial charge in [0.25, 0.3) is 0 Å². The Labute approximate surface area is 389 Å². The number of rotatable bonds is 14. The lowest BCUT2D eigenvalue weighted by Crippen LogP contribution is -2.40. The molecule has 0 saturated heterocycles. The molecule has 0 unspecified atom stereocenters. The minimum absolute atomic E-state index is 0. The van der Waals surface area contributed by atoms with Crippen molar-refractivity contribution in [3.05, 3.63) is 117 Å². The SMILES string of the molecule is C.C.COC(=O)[C@H](C)NCC(=O)Nc1cccc2c1C(=O)c1c(NC(=O)CN[C@H](C)C(=O)OC)cccc1C2=O.O=C(CCl)Nc1cccc2c1C(=O)c1c(NC(=O)CCl)cccc1C2=O. The fourth-order valence-electron chi connectivity index (χ4n) is 6.67. The molecule has 2 aliphatic carbocycles. The van der Waals surface area contributed by atoms with Gasteiger partial charge in [0.1, 0.15) is 23.8 Å². The summed E-state index contributed by atoms with van der Waals surface area (Å²) < 4.78 is 9.21. The standard InChI is InChI=1S/C26H28N4O8.C18H12Cl2N2O4.2CH4/c1-13(25(35)37-3)27-11-19(31)29-17-9-5-7-15-21(17)24(34)22-16(23(15)33)8-6-10-18(22)30-20(32)12-28-14(2)26(36)38-4;19-7-13(23)21-11-5-1-3-9-15(11)18(26)16-10(17(9)25)4-2-6-12(16)22-14(24)8-20;;/h5-10,13-14,27-28H,11-12H2,1-4H3,(H,29,31)(H,30,32);1-6H,7-8H2,(H,21,23)(H,22,24);2*1H4/t13-,14+;;;. The number of alkyl halides is 2. The van der Waals surface area contributed by atoms with Gasteiger partial charge in [0, 0.05) is 22.3 Å². The van der Waals surface area contributed by atoms with Crippen LogP contribution in [0, 0.1) is 0 Å². The number of benzene rings is 4. The molecule has 0 spiro atoms. The van der Waals surface area contributed by atoms with Crippen molar-refractivity contribution < 1.29 is 57.4 Å². The largest absolute Gasteiger partial charge is 0.468 e. The number of ketones is 4. The zero-order chi connectivity index (χ0) is 46.8. The van der Waals surface area contributed by atoms with Crippen LogP contribution < -0.4 is 31.9 Å². The third-order valence-electron chi connectivity index (χ3n) is 9.73. The van der Waals surface area contributed by atoms with Gasteiger partial charge in [0.15, 0.2) is 23.1 Å². The number of carbonyl (C=O) groups excluding carboxylic acids is 10. The van der Waals surface area contributed by atoms with Gasteiger partial charge in [-0.25, -0.2) is 0 Å². The number of fused-ring (bicyclic) bond motifs is 4. The average molecular weight is 948 g/mol. The summed E-state index contributed by atoms with van der Waals surface area (Å²) in [6, 6.07) is 16.7. The van der Waals surface area contributed by atoms with E-state index in [9.17, 15) is 47.9 Å². The lowest BCUT2D eigenvalue weighted by molar-refractivity contribution is -0.143. The number of ether oxygens (including phenoxy) is 2. The lowest BCUT2D eigenvalue weighted by atomic mass is 9.82. The highest BCUT2D eigenvalue weighted by molar-refractivity contribution is 6.35. The Bertz CT molecular complexity index is 2450. The molecule has 0 aliphatic heterocycles. The molecule has 66 heavy (non-hydrogen) atoms. The lowest BCUT2D eigenvalue weighted by Gasteiger charge is -2.23. The molecule has 2 atom stereocenters. The molecule has 0 aromatic heterocycles. The fraction of sp³-hybridized carbons (Fsp3) is 0.261. The molecule has 0 bridgehead atoms. The van der Waals surface area contributed by atoms with Crippen LogP contribution in [0.3, 0.4) is 0 Å². The molecular weight excluding hydrogens is 899 g/mol. The number of anilines is 4. The van der Waals surface area contributed by atoms with E-state index in [4.69, 9.17) is 23.2 Å². The first-order chi connectivity index (χ1) is 30.6. The topological polar surface area (TPSA) is 261 Å². The molecule has 6 N–H and O–H groups in total. The normalized spacial score (nSPS) is 12.6. The smallest absolute Gasteiger partial charge is 0.322 e. The highest BCUT2D eigenvalue weighted by Crippen LogP contribution is 2.37. The molecule has 2 aliphatic rings. The number of methoxy groups -OCH3 is 2. The predicted molar refractivity (Wildman–Crippen MR) is 248 cm³/mol. The minimum Gasteiger partial charge on any atom is -0.468 e. The first-order valence-corrected chi connectivity index (χ1v) is 20.3. The van der Waals surface area contributed by atoms with E-state index in [1.807, 2.05) is 0 Å². The average Bonchev–Trinajstić information content (AvgIpc) is 3.30. The zero-order valence-electron chi connectivity index (χ0n) is 34.6. The summed E-state index contributed by atoms with van der Waals surface area (Å²) in [7, 11) is 2.46. The van der Waals surface area contributed by atoms with Gasteiger partial charge in [-0.3, -0.25) is 58.6 Å². The van der Waals surface area contributed by atoms with E-state index in [1.165, 1.54) is 88.7 Å². The first-order valence-electron chi connectivity index (χ1n) is 19.2. The van der Waals surface area contributed by atoms with Gasteiger partial charge in [0.05, 0.1) is 72.3 Å². The maximum Gasteiger partial charge on any atom is 0.322 e. The molecule has 0 fully saturated rings. The van der Waals surface area contributed by atoms with E-state index < -0.39 is 65.0 Å². The Hall–Kier alpha value is -7.12. The van der Waals surface area contributed by atoms with Gasteiger partial charge < -0.3 is 30.7 Å². The van der Waals surface area contributed by atoms with Crippen LogP contribution in [0.4, 0.5) is 22.7 Å². The van der Waals surface area contributed by atoms with E-state index in [1.54, 1.807) is 12.1 Å². The monoisotopic (exact) mass is 946 g/mol. The van der Waals surface area contributed by atoms with Crippen molar-refractivity contribution in [1.82, 2.24) is 10.6 Å². The predicted octanol–water partition coefficient (Wildman–Crippen LogP) is 4.73. The van der Waals surface area contributed by atoms with Crippen LogP contribution in [0.5, 0.6) is 0 Å². The third kappa shape index (κ3) is 11.8. The summed E-state index contributed by atoms with van der Waals surface area (Å²) in [5, 5.41) is 15.7. The van der Waals surface area contributed by atoms with Crippen LogP contribution in [-0.2, 0) is 38.2 Å². The molecule has 20 heteroatoms. The number of carbonyl (C=O) groups is 10. The van der Waals surface area contributed by atoms with Crippen molar-refractivity contribution in [2.75, 3.05) is 60.3 Å². The number of hydrogen-bond acceptors (Lipinski definition) is 14. The van der Waals surface area contributed by atoms with Crippen molar-refractivity contribution in [3.63, 3.8) is 0 Å². The molecule has 348 valence electrons. The second-order valence-electron chi connectivity index (χ2n) is 13.9. The maximum atomic E-state index is 13.6. The molecule has 0 heterocycles. The van der Waals surface area contributed by atoms with Crippen LogP contribution in [0.25, 0.3) is 0 Å². The van der Waals surface area contributed by atoms with Crippen LogP contribution in [0.1, 0.15) is 92.4 Å². The summed E-state index contributed by atoms with van der Waals surface area (Å²) in [6.07, 6.45) is 0. The number of halogens is 2. The quantitative estimate of drug-likeness (QED) is 0.0638. The molecule has 18 nitrogen and oxygen atoms in total. The molecular formula is C46H48Cl2N6O12. The van der Waals surface area contributed by atoms with Gasteiger partial charge in [-0.2, -0.15) is 0 Å². The fourth-order valence-corrected chi connectivity index (χ4v) is 6.80. The second kappa shape index (κ2) is 23.7. The molecule has 0 radical (unpaired) electrons. The molecule has 4 aromatic rings.